The predicted octanol–water partition coefficient (Wildman–Crippen LogP) is 3.61. The Hall–Kier alpha value is -1.35. The van der Waals surface area contributed by atoms with Crippen LogP contribution in [0, 0.1) is 18.3 Å². The van der Waals surface area contributed by atoms with Crippen molar-refractivity contribution in [2.75, 3.05) is 26.2 Å². The van der Waals surface area contributed by atoms with Crippen molar-refractivity contribution in [3.05, 3.63) is 35.4 Å². The Balaban J connectivity index is 1.29. The van der Waals surface area contributed by atoms with Crippen LogP contribution in [0.15, 0.2) is 24.3 Å². The fourth-order valence-corrected chi connectivity index (χ4v) is 4.58. The molecule has 2 saturated heterocycles. The van der Waals surface area contributed by atoms with E-state index in [1.54, 1.807) is 0 Å². The highest BCUT2D eigenvalue weighted by molar-refractivity contribution is 5.80. The predicted molar refractivity (Wildman–Crippen MR) is 96.7 cm³/mol. The van der Waals surface area contributed by atoms with E-state index in [1.807, 2.05) is 0 Å². The highest BCUT2D eigenvalue weighted by atomic mass is 16.2. The van der Waals surface area contributed by atoms with E-state index >= 15 is 0 Å². The van der Waals surface area contributed by atoms with Crippen molar-refractivity contribution >= 4 is 5.91 Å². The Morgan fingerprint density at radius 2 is 1.75 bits per heavy atom. The van der Waals surface area contributed by atoms with Crippen LogP contribution in [-0.2, 0) is 11.3 Å². The summed E-state index contributed by atoms with van der Waals surface area (Å²) in [5.41, 5.74) is 3.17. The Kier molecular flexibility index (Phi) is 4.38. The smallest absolute Gasteiger partial charge is 0.225 e. The molecule has 3 nitrogen and oxygen atoms in total. The molecule has 4 rings (SSSR count). The number of piperidine rings is 1. The topological polar surface area (TPSA) is 23.6 Å². The van der Waals surface area contributed by atoms with E-state index in [-0.39, 0.29) is 0 Å². The second-order valence-electron chi connectivity index (χ2n) is 8.40. The number of hydrogen-bond acceptors (Lipinski definition) is 2. The molecule has 0 N–H and O–H groups in total. The van der Waals surface area contributed by atoms with E-state index in [4.69, 9.17) is 0 Å². The van der Waals surface area contributed by atoms with Gasteiger partial charge in [0.05, 0.1) is 0 Å². The molecule has 1 spiro atoms. The van der Waals surface area contributed by atoms with E-state index < -0.39 is 0 Å². The SMILES string of the molecule is Cc1ccc(CN2CCC3(CC2)CCN(C(=O)C2CCC2)C3)cc1. The van der Waals surface area contributed by atoms with Crippen molar-refractivity contribution in [1.29, 1.82) is 0 Å². The molecule has 3 aliphatic rings. The van der Waals surface area contributed by atoms with E-state index in [9.17, 15) is 4.79 Å². The van der Waals surface area contributed by atoms with Gasteiger partial charge >= 0.3 is 0 Å². The fraction of sp³-hybridized carbons (Fsp3) is 0.667. The monoisotopic (exact) mass is 326 g/mol. The van der Waals surface area contributed by atoms with Crippen LogP contribution in [-0.4, -0.2) is 41.9 Å². The molecule has 2 aliphatic heterocycles. The number of likely N-dealkylation sites (tertiary alicyclic amines) is 2. The highest BCUT2D eigenvalue weighted by Gasteiger charge is 2.43. The lowest BCUT2D eigenvalue weighted by Gasteiger charge is -2.39. The van der Waals surface area contributed by atoms with Crippen molar-refractivity contribution in [2.45, 2.75) is 52.0 Å². The third-order valence-corrected chi connectivity index (χ3v) is 6.65. The van der Waals surface area contributed by atoms with Gasteiger partial charge in [-0.2, -0.15) is 0 Å². The minimum absolute atomic E-state index is 0.363. The molecule has 1 saturated carbocycles. The summed E-state index contributed by atoms with van der Waals surface area (Å²) in [7, 11) is 0. The fourth-order valence-electron chi connectivity index (χ4n) is 4.58. The first kappa shape index (κ1) is 16.1. The van der Waals surface area contributed by atoms with Crippen LogP contribution in [0.25, 0.3) is 0 Å². The van der Waals surface area contributed by atoms with Gasteiger partial charge in [0.15, 0.2) is 0 Å². The molecule has 3 heteroatoms. The van der Waals surface area contributed by atoms with Crippen molar-refractivity contribution in [3.8, 4) is 0 Å². The largest absolute Gasteiger partial charge is 0.342 e. The molecular formula is C21H30N2O. The average molecular weight is 326 g/mol. The number of benzene rings is 1. The van der Waals surface area contributed by atoms with E-state index in [2.05, 4.69) is 41.0 Å². The van der Waals surface area contributed by atoms with E-state index in [0.717, 1.165) is 32.5 Å². The summed E-state index contributed by atoms with van der Waals surface area (Å²) in [4.78, 5) is 17.3. The van der Waals surface area contributed by atoms with Gasteiger partial charge in [0, 0.05) is 25.6 Å². The first-order valence-corrected chi connectivity index (χ1v) is 9.70. The second-order valence-corrected chi connectivity index (χ2v) is 8.40. The van der Waals surface area contributed by atoms with E-state index in [0.29, 0.717) is 17.2 Å². The zero-order chi connectivity index (χ0) is 16.6. The summed E-state index contributed by atoms with van der Waals surface area (Å²) in [5.74, 6) is 0.821. The summed E-state index contributed by atoms with van der Waals surface area (Å²) in [5, 5.41) is 0. The summed E-state index contributed by atoms with van der Waals surface area (Å²) in [6.07, 6.45) is 7.26. The van der Waals surface area contributed by atoms with Crippen LogP contribution < -0.4 is 0 Å². The minimum Gasteiger partial charge on any atom is -0.342 e. The molecular weight excluding hydrogens is 296 g/mol. The number of carbonyl (C=O) groups is 1. The second kappa shape index (κ2) is 6.51. The lowest BCUT2D eigenvalue weighted by atomic mass is 9.77. The molecule has 130 valence electrons. The van der Waals surface area contributed by atoms with Gasteiger partial charge in [-0.25, -0.2) is 0 Å². The van der Waals surface area contributed by atoms with Gasteiger partial charge in [-0.1, -0.05) is 36.2 Å². The van der Waals surface area contributed by atoms with Gasteiger partial charge < -0.3 is 4.90 Å². The molecule has 1 aliphatic carbocycles. The van der Waals surface area contributed by atoms with Gasteiger partial charge in [-0.15, -0.1) is 0 Å². The third kappa shape index (κ3) is 3.23. The number of hydrogen-bond donors (Lipinski definition) is 0. The molecule has 0 bridgehead atoms. The highest BCUT2D eigenvalue weighted by Crippen LogP contribution is 2.42. The Morgan fingerprint density at radius 3 is 2.38 bits per heavy atom. The molecule has 3 fully saturated rings. The molecule has 1 aromatic carbocycles. The maximum Gasteiger partial charge on any atom is 0.225 e. The van der Waals surface area contributed by atoms with Crippen molar-refractivity contribution in [2.24, 2.45) is 11.3 Å². The number of carbonyl (C=O) groups excluding carboxylic acids is 1. The zero-order valence-corrected chi connectivity index (χ0v) is 15.0. The summed E-state index contributed by atoms with van der Waals surface area (Å²) < 4.78 is 0. The third-order valence-electron chi connectivity index (χ3n) is 6.65. The molecule has 0 aromatic heterocycles. The number of rotatable bonds is 3. The van der Waals surface area contributed by atoms with E-state index in [1.165, 1.54) is 49.9 Å². The van der Waals surface area contributed by atoms with Crippen LogP contribution in [0.5, 0.6) is 0 Å². The maximum absolute atomic E-state index is 12.5. The molecule has 24 heavy (non-hydrogen) atoms. The standard InChI is InChI=1S/C21H30N2O/c1-17-5-7-18(8-6-17)15-22-12-9-21(10-13-22)11-14-23(16-21)20(24)19-3-2-4-19/h5-8,19H,2-4,9-16H2,1H3. The van der Waals surface area contributed by atoms with Gasteiger partial charge in [-0.05, 0) is 63.1 Å². The van der Waals surface area contributed by atoms with Gasteiger partial charge in [-0.3, -0.25) is 9.69 Å². The van der Waals surface area contributed by atoms with Crippen molar-refractivity contribution in [1.82, 2.24) is 9.80 Å². The van der Waals surface area contributed by atoms with Crippen molar-refractivity contribution in [3.63, 3.8) is 0 Å². The van der Waals surface area contributed by atoms with Crippen LogP contribution >= 0.6 is 0 Å². The minimum atomic E-state index is 0.363. The molecule has 2 heterocycles. The van der Waals surface area contributed by atoms with Gasteiger partial charge in [0.2, 0.25) is 5.91 Å². The Bertz CT molecular complexity index is 582. The number of amides is 1. The first-order chi connectivity index (χ1) is 11.6. The average Bonchev–Trinajstić information content (AvgIpc) is 2.94. The molecule has 0 unspecified atom stereocenters. The van der Waals surface area contributed by atoms with Gasteiger partial charge in [0.25, 0.3) is 0 Å². The molecule has 0 atom stereocenters. The van der Waals surface area contributed by atoms with Crippen molar-refractivity contribution < 1.29 is 4.79 Å². The summed E-state index contributed by atoms with van der Waals surface area (Å²) >= 11 is 0. The zero-order valence-electron chi connectivity index (χ0n) is 15.0. The van der Waals surface area contributed by atoms with Crippen LogP contribution in [0.1, 0.15) is 49.7 Å². The van der Waals surface area contributed by atoms with Crippen LogP contribution in [0.4, 0.5) is 0 Å². The van der Waals surface area contributed by atoms with Crippen LogP contribution in [0.2, 0.25) is 0 Å². The summed E-state index contributed by atoms with van der Waals surface area (Å²) in [6.45, 7) is 7.61. The molecule has 0 radical (unpaired) electrons. The van der Waals surface area contributed by atoms with Gasteiger partial charge in [0.1, 0.15) is 0 Å². The molecule has 1 amide bonds. The first-order valence-electron chi connectivity index (χ1n) is 9.70. The summed E-state index contributed by atoms with van der Waals surface area (Å²) in [6, 6.07) is 8.94. The normalized spacial score (nSPS) is 24.3. The maximum atomic E-state index is 12.5. The Labute approximate surface area is 146 Å². The van der Waals surface area contributed by atoms with Crippen LogP contribution in [0.3, 0.4) is 0 Å². The number of nitrogens with zero attached hydrogens (tertiary/aromatic N) is 2. The quantitative estimate of drug-likeness (QED) is 0.847. The lowest BCUT2D eigenvalue weighted by Crippen LogP contribution is -2.43. The lowest BCUT2D eigenvalue weighted by molar-refractivity contribution is -0.137. The Morgan fingerprint density at radius 1 is 1.08 bits per heavy atom. The molecule has 1 aromatic rings. The number of aryl methyl sites for hydroxylation is 1.